The highest BCUT2D eigenvalue weighted by molar-refractivity contribution is 7.99. The molecule has 0 aliphatic carbocycles. The van der Waals surface area contributed by atoms with E-state index in [0.29, 0.717) is 18.0 Å². The first kappa shape index (κ1) is 16.6. The quantitative estimate of drug-likeness (QED) is 0.923. The lowest BCUT2D eigenvalue weighted by Crippen LogP contribution is -2.33. The van der Waals surface area contributed by atoms with E-state index < -0.39 is 10.0 Å². The van der Waals surface area contributed by atoms with Crippen molar-refractivity contribution in [3.63, 3.8) is 0 Å². The lowest BCUT2D eigenvalue weighted by molar-refractivity contribution is 0.434. The molecule has 1 saturated heterocycles. The van der Waals surface area contributed by atoms with E-state index in [-0.39, 0.29) is 0 Å². The molecule has 1 heterocycles. The molecule has 0 saturated carbocycles. The Morgan fingerprint density at radius 1 is 1.19 bits per heavy atom. The fourth-order valence-corrected chi connectivity index (χ4v) is 5.65. The first-order valence-corrected chi connectivity index (χ1v) is 9.99. The van der Waals surface area contributed by atoms with Crippen molar-refractivity contribution < 1.29 is 8.42 Å². The maximum Gasteiger partial charge on any atom is 0.243 e. The van der Waals surface area contributed by atoms with Crippen molar-refractivity contribution in [2.45, 2.75) is 32.1 Å². The first-order valence-electron chi connectivity index (χ1n) is 7.40. The topological polar surface area (TPSA) is 49.4 Å². The Morgan fingerprint density at radius 2 is 1.86 bits per heavy atom. The van der Waals surface area contributed by atoms with Crippen LogP contribution in [0.25, 0.3) is 0 Å². The summed E-state index contributed by atoms with van der Waals surface area (Å²) in [7, 11) is -3.39. The number of aryl methyl sites for hydroxylation is 2. The SMILES string of the molecule is CCNc1cc(C)c(S(=O)(=O)N2CCCSCC2)c(C)c1. The van der Waals surface area contributed by atoms with Crippen molar-refractivity contribution in [1.82, 2.24) is 4.31 Å². The number of nitrogens with one attached hydrogen (secondary N) is 1. The minimum atomic E-state index is -3.39. The van der Waals surface area contributed by atoms with Gasteiger partial charge in [-0.05, 0) is 56.2 Å². The second-order valence-corrected chi connectivity index (χ2v) is 8.44. The third-order valence-electron chi connectivity index (χ3n) is 3.62. The molecule has 0 atom stereocenters. The van der Waals surface area contributed by atoms with Crippen LogP contribution in [0.2, 0.25) is 0 Å². The van der Waals surface area contributed by atoms with Crippen LogP contribution < -0.4 is 5.32 Å². The summed E-state index contributed by atoms with van der Waals surface area (Å²) < 4.78 is 27.5. The summed E-state index contributed by atoms with van der Waals surface area (Å²) in [6.07, 6.45) is 0.928. The van der Waals surface area contributed by atoms with E-state index in [0.717, 1.165) is 41.3 Å². The van der Waals surface area contributed by atoms with E-state index in [1.54, 1.807) is 4.31 Å². The van der Waals surface area contributed by atoms with Gasteiger partial charge in [-0.3, -0.25) is 0 Å². The molecule has 118 valence electrons. The molecule has 1 fully saturated rings. The summed E-state index contributed by atoms with van der Waals surface area (Å²) >= 11 is 1.83. The number of thioether (sulfide) groups is 1. The predicted molar refractivity (Wildman–Crippen MR) is 90.8 cm³/mol. The van der Waals surface area contributed by atoms with Crippen molar-refractivity contribution in [3.05, 3.63) is 23.3 Å². The minimum absolute atomic E-state index is 0.482. The van der Waals surface area contributed by atoms with Gasteiger partial charge in [-0.2, -0.15) is 16.1 Å². The van der Waals surface area contributed by atoms with Gasteiger partial charge in [0, 0.05) is 31.1 Å². The van der Waals surface area contributed by atoms with Crippen LogP contribution >= 0.6 is 11.8 Å². The first-order chi connectivity index (χ1) is 9.96. The molecule has 6 heteroatoms. The molecule has 1 N–H and O–H groups in total. The van der Waals surface area contributed by atoms with Crippen LogP contribution in [0.5, 0.6) is 0 Å². The van der Waals surface area contributed by atoms with E-state index in [9.17, 15) is 8.42 Å². The van der Waals surface area contributed by atoms with Crippen LogP contribution in [0.1, 0.15) is 24.5 Å². The Bertz CT molecular complexity index is 569. The Kier molecular flexibility index (Phi) is 5.57. The standard InChI is InChI=1S/C15H24N2O2S2/c1-4-16-14-10-12(2)15(13(3)11-14)21(18,19)17-6-5-8-20-9-7-17/h10-11,16H,4-9H2,1-3H3. The van der Waals surface area contributed by atoms with E-state index in [2.05, 4.69) is 5.32 Å². The van der Waals surface area contributed by atoms with Crippen molar-refractivity contribution in [2.75, 3.05) is 36.5 Å². The second kappa shape index (κ2) is 7.03. The number of sulfonamides is 1. The molecule has 4 nitrogen and oxygen atoms in total. The Hall–Kier alpha value is -0.720. The van der Waals surface area contributed by atoms with E-state index in [1.165, 1.54) is 0 Å². The van der Waals surface area contributed by atoms with Gasteiger partial charge in [0.25, 0.3) is 0 Å². The zero-order valence-corrected chi connectivity index (χ0v) is 14.6. The van der Waals surface area contributed by atoms with Gasteiger partial charge in [-0.25, -0.2) is 8.42 Å². The molecule has 0 amide bonds. The van der Waals surface area contributed by atoms with Gasteiger partial charge in [-0.1, -0.05) is 0 Å². The number of anilines is 1. The van der Waals surface area contributed by atoms with Crippen LogP contribution in [-0.2, 0) is 10.0 Å². The molecule has 0 spiro atoms. The lowest BCUT2D eigenvalue weighted by atomic mass is 10.1. The summed E-state index contributed by atoms with van der Waals surface area (Å²) in [4.78, 5) is 0.482. The fraction of sp³-hybridized carbons (Fsp3) is 0.600. The summed E-state index contributed by atoms with van der Waals surface area (Å²) in [6.45, 7) is 7.86. The molecule has 2 rings (SSSR count). The van der Waals surface area contributed by atoms with Gasteiger partial charge in [0.05, 0.1) is 4.90 Å². The summed E-state index contributed by atoms with van der Waals surface area (Å²) in [5.41, 5.74) is 2.63. The zero-order valence-electron chi connectivity index (χ0n) is 13.0. The number of benzene rings is 1. The molecule has 0 unspecified atom stereocenters. The third kappa shape index (κ3) is 3.73. The molecule has 21 heavy (non-hydrogen) atoms. The molecule has 0 radical (unpaired) electrons. The highest BCUT2D eigenvalue weighted by Gasteiger charge is 2.28. The second-order valence-electron chi connectivity index (χ2n) is 5.34. The lowest BCUT2D eigenvalue weighted by Gasteiger charge is -2.22. The Morgan fingerprint density at radius 3 is 2.48 bits per heavy atom. The summed E-state index contributed by atoms with van der Waals surface area (Å²) in [6, 6.07) is 3.85. The van der Waals surface area contributed by atoms with Crippen LogP contribution in [0.3, 0.4) is 0 Å². The minimum Gasteiger partial charge on any atom is -0.385 e. The molecule has 0 bridgehead atoms. The smallest absolute Gasteiger partial charge is 0.243 e. The fourth-order valence-electron chi connectivity index (χ4n) is 2.76. The van der Waals surface area contributed by atoms with E-state index in [4.69, 9.17) is 0 Å². The summed E-state index contributed by atoms with van der Waals surface area (Å²) in [5, 5.41) is 3.25. The highest BCUT2D eigenvalue weighted by atomic mass is 32.2. The number of hydrogen-bond donors (Lipinski definition) is 1. The maximum atomic E-state index is 12.9. The predicted octanol–water partition coefficient (Wildman–Crippen LogP) is 2.86. The van der Waals surface area contributed by atoms with Crippen molar-refractivity contribution >= 4 is 27.5 Å². The molecule has 1 aromatic carbocycles. The van der Waals surface area contributed by atoms with E-state index >= 15 is 0 Å². The van der Waals surface area contributed by atoms with Crippen molar-refractivity contribution in [3.8, 4) is 0 Å². The number of nitrogens with zero attached hydrogens (tertiary/aromatic N) is 1. The van der Waals surface area contributed by atoms with E-state index in [1.807, 2.05) is 44.7 Å². The van der Waals surface area contributed by atoms with Crippen LogP contribution in [0.15, 0.2) is 17.0 Å². The molecule has 1 aromatic rings. The molecule has 1 aliphatic heterocycles. The van der Waals surface area contributed by atoms with Gasteiger partial charge in [-0.15, -0.1) is 0 Å². The highest BCUT2D eigenvalue weighted by Crippen LogP contribution is 2.28. The number of hydrogen-bond acceptors (Lipinski definition) is 4. The van der Waals surface area contributed by atoms with Crippen LogP contribution in [0, 0.1) is 13.8 Å². The van der Waals surface area contributed by atoms with Gasteiger partial charge < -0.3 is 5.32 Å². The zero-order chi connectivity index (χ0) is 15.5. The van der Waals surface area contributed by atoms with Crippen LogP contribution in [0.4, 0.5) is 5.69 Å². The largest absolute Gasteiger partial charge is 0.385 e. The Labute approximate surface area is 132 Å². The molecule has 0 aromatic heterocycles. The molecular formula is C15H24N2O2S2. The van der Waals surface area contributed by atoms with Gasteiger partial charge in [0.15, 0.2) is 0 Å². The average molecular weight is 329 g/mol. The molecule has 1 aliphatic rings. The van der Waals surface area contributed by atoms with Gasteiger partial charge in [0.2, 0.25) is 10.0 Å². The van der Waals surface area contributed by atoms with Gasteiger partial charge >= 0.3 is 0 Å². The maximum absolute atomic E-state index is 12.9. The van der Waals surface area contributed by atoms with Crippen molar-refractivity contribution in [1.29, 1.82) is 0 Å². The van der Waals surface area contributed by atoms with Crippen molar-refractivity contribution in [2.24, 2.45) is 0 Å². The number of rotatable bonds is 4. The normalized spacial score (nSPS) is 17.5. The third-order valence-corrected chi connectivity index (χ3v) is 6.87. The van der Waals surface area contributed by atoms with Crippen LogP contribution in [-0.4, -0.2) is 43.9 Å². The Balaban J connectivity index is 2.39. The summed E-state index contributed by atoms with van der Waals surface area (Å²) in [5.74, 6) is 1.93. The molecular weight excluding hydrogens is 304 g/mol. The van der Waals surface area contributed by atoms with Gasteiger partial charge in [0.1, 0.15) is 0 Å². The monoisotopic (exact) mass is 328 g/mol. The average Bonchev–Trinajstić information content (AvgIpc) is 2.67.